The number of hydrogen-bond acceptors (Lipinski definition) is 4. The van der Waals surface area contributed by atoms with Crippen LogP contribution in [-0.2, 0) is 4.79 Å². The van der Waals surface area contributed by atoms with Crippen LogP contribution in [0.5, 0.6) is 5.75 Å². The molecule has 7 heteroatoms. The fourth-order valence-corrected chi connectivity index (χ4v) is 2.50. The van der Waals surface area contributed by atoms with Crippen LogP contribution in [0.1, 0.15) is 11.1 Å². The van der Waals surface area contributed by atoms with Crippen molar-refractivity contribution < 1.29 is 9.53 Å². The van der Waals surface area contributed by atoms with Crippen molar-refractivity contribution in [3.63, 3.8) is 0 Å². The van der Waals surface area contributed by atoms with E-state index in [1.165, 1.54) is 0 Å². The van der Waals surface area contributed by atoms with Crippen LogP contribution in [0.25, 0.3) is 0 Å². The summed E-state index contributed by atoms with van der Waals surface area (Å²) in [4.78, 5) is 14.0. The first-order valence-electron chi connectivity index (χ1n) is 7.55. The van der Waals surface area contributed by atoms with Gasteiger partial charge < -0.3 is 15.4 Å². The second-order valence-electron chi connectivity index (χ2n) is 5.45. The molecule has 1 aliphatic heterocycles. The normalized spacial score (nSPS) is 14.3. The second-order valence-corrected chi connectivity index (χ2v) is 5.45. The van der Waals surface area contributed by atoms with Gasteiger partial charge in [0, 0.05) is 26.2 Å². The van der Waals surface area contributed by atoms with Gasteiger partial charge in [-0.25, -0.2) is 0 Å². The van der Waals surface area contributed by atoms with Crippen LogP contribution in [0.2, 0.25) is 0 Å². The Balaban J connectivity index is 0.00000242. The Kier molecular flexibility index (Phi) is 11.0. The molecular weight excluding hydrogens is 337 g/mol. The van der Waals surface area contributed by atoms with Gasteiger partial charge in [-0.3, -0.25) is 9.69 Å². The zero-order valence-corrected chi connectivity index (χ0v) is 15.4. The maximum Gasteiger partial charge on any atom is 0.234 e. The average molecular weight is 364 g/mol. The van der Waals surface area contributed by atoms with Crippen molar-refractivity contribution in [1.82, 2.24) is 15.5 Å². The second kappa shape index (κ2) is 11.5. The maximum absolute atomic E-state index is 11.8. The number of aryl methyl sites for hydroxylation is 2. The summed E-state index contributed by atoms with van der Waals surface area (Å²) in [7, 11) is 0. The van der Waals surface area contributed by atoms with E-state index in [0.717, 1.165) is 43.1 Å². The largest absolute Gasteiger partial charge is 0.491 e. The first kappa shape index (κ1) is 22.0. The SMILES string of the molecule is Cc1cccc(C)c1OCCNC(=O)CN1CCNCC1.Cl.Cl. The highest BCUT2D eigenvalue weighted by atomic mass is 35.5. The lowest BCUT2D eigenvalue weighted by molar-refractivity contribution is -0.122. The van der Waals surface area contributed by atoms with Crippen LogP contribution in [0.3, 0.4) is 0 Å². The van der Waals surface area contributed by atoms with Gasteiger partial charge in [0.05, 0.1) is 13.1 Å². The molecule has 0 bridgehead atoms. The molecular formula is C16H27Cl2N3O2. The van der Waals surface area contributed by atoms with Crippen molar-refractivity contribution in [2.75, 3.05) is 45.9 Å². The molecule has 1 aromatic carbocycles. The van der Waals surface area contributed by atoms with Crippen molar-refractivity contribution >= 4 is 30.7 Å². The van der Waals surface area contributed by atoms with E-state index in [-0.39, 0.29) is 30.7 Å². The van der Waals surface area contributed by atoms with Crippen LogP contribution < -0.4 is 15.4 Å². The average Bonchev–Trinajstić information content (AvgIpc) is 2.47. The van der Waals surface area contributed by atoms with E-state index in [9.17, 15) is 4.79 Å². The monoisotopic (exact) mass is 363 g/mol. The van der Waals surface area contributed by atoms with Gasteiger partial charge in [-0.15, -0.1) is 24.8 Å². The van der Waals surface area contributed by atoms with Crippen LogP contribution >= 0.6 is 24.8 Å². The summed E-state index contributed by atoms with van der Waals surface area (Å²) in [6.45, 7) is 9.38. The first-order valence-corrected chi connectivity index (χ1v) is 7.55. The van der Waals surface area contributed by atoms with E-state index in [2.05, 4.69) is 15.5 Å². The molecule has 0 aliphatic carbocycles. The van der Waals surface area contributed by atoms with E-state index in [4.69, 9.17) is 4.74 Å². The smallest absolute Gasteiger partial charge is 0.234 e. The molecule has 2 rings (SSSR count). The fraction of sp³-hybridized carbons (Fsp3) is 0.562. The predicted octanol–water partition coefficient (Wildman–Crippen LogP) is 1.55. The number of carbonyl (C=O) groups is 1. The molecule has 23 heavy (non-hydrogen) atoms. The highest BCUT2D eigenvalue weighted by molar-refractivity contribution is 5.85. The molecule has 1 heterocycles. The van der Waals surface area contributed by atoms with Crippen molar-refractivity contribution in [3.8, 4) is 5.75 Å². The highest BCUT2D eigenvalue weighted by Gasteiger charge is 2.13. The van der Waals surface area contributed by atoms with E-state index >= 15 is 0 Å². The van der Waals surface area contributed by atoms with E-state index < -0.39 is 0 Å². The lowest BCUT2D eigenvalue weighted by Crippen LogP contribution is -2.47. The number of hydrogen-bond donors (Lipinski definition) is 2. The number of amides is 1. The summed E-state index contributed by atoms with van der Waals surface area (Å²) < 4.78 is 5.77. The van der Waals surface area contributed by atoms with Crippen LogP contribution in [0, 0.1) is 13.8 Å². The molecule has 0 unspecified atom stereocenters. The quantitative estimate of drug-likeness (QED) is 0.752. The summed E-state index contributed by atoms with van der Waals surface area (Å²) in [5.41, 5.74) is 2.25. The van der Waals surface area contributed by atoms with Crippen LogP contribution in [0.4, 0.5) is 0 Å². The van der Waals surface area contributed by atoms with Gasteiger partial charge in [0.2, 0.25) is 5.91 Å². The molecule has 1 aliphatic rings. The van der Waals surface area contributed by atoms with E-state index in [1.54, 1.807) is 0 Å². The number of carbonyl (C=O) groups excluding carboxylic acids is 1. The van der Waals surface area contributed by atoms with Crippen LogP contribution in [-0.4, -0.2) is 56.7 Å². The minimum absolute atomic E-state index is 0. The van der Waals surface area contributed by atoms with Gasteiger partial charge >= 0.3 is 0 Å². The number of nitrogens with one attached hydrogen (secondary N) is 2. The number of rotatable bonds is 6. The van der Waals surface area contributed by atoms with Crippen molar-refractivity contribution in [1.29, 1.82) is 0 Å². The van der Waals surface area contributed by atoms with Crippen molar-refractivity contribution in [2.24, 2.45) is 0 Å². The Morgan fingerprint density at radius 3 is 2.43 bits per heavy atom. The summed E-state index contributed by atoms with van der Waals surface area (Å²) in [5, 5.41) is 6.19. The van der Waals surface area contributed by atoms with Crippen molar-refractivity contribution in [2.45, 2.75) is 13.8 Å². The van der Waals surface area contributed by atoms with Gasteiger partial charge in [0.1, 0.15) is 12.4 Å². The molecule has 0 aromatic heterocycles. The number of halogens is 2. The Labute approximate surface area is 151 Å². The van der Waals surface area contributed by atoms with Gasteiger partial charge in [-0.05, 0) is 25.0 Å². The number of ether oxygens (including phenoxy) is 1. The minimum Gasteiger partial charge on any atom is -0.491 e. The lowest BCUT2D eigenvalue weighted by Gasteiger charge is -2.26. The van der Waals surface area contributed by atoms with Gasteiger partial charge in [-0.2, -0.15) is 0 Å². The molecule has 1 saturated heterocycles. The van der Waals surface area contributed by atoms with Crippen LogP contribution in [0.15, 0.2) is 18.2 Å². The van der Waals surface area contributed by atoms with E-state index in [1.807, 2.05) is 32.0 Å². The Morgan fingerprint density at radius 2 is 1.83 bits per heavy atom. The molecule has 0 spiro atoms. The molecule has 1 fully saturated rings. The number of piperazine rings is 1. The molecule has 0 atom stereocenters. The Hall–Kier alpha value is -1.01. The molecule has 2 N–H and O–H groups in total. The lowest BCUT2D eigenvalue weighted by atomic mass is 10.1. The Bertz CT molecular complexity index is 460. The summed E-state index contributed by atoms with van der Waals surface area (Å²) in [6, 6.07) is 6.09. The number of para-hydroxylation sites is 1. The van der Waals surface area contributed by atoms with Gasteiger partial charge in [0.15, 0.2) is 0 Å². The van der Waals surface area contributed by atoms with E-state index in [0.29, 0.717) is 19.7 Å². The zero-order valence-electron chi connectivity index (χ0n) is 13.8. The standard InChI is InChI=1S/C16H25N3O2.2ClH/c1-13-4-3-5-14(2)16(13)21-11-8-18-15(20)12-19-9-6-17-7-10-19;;/h3-5,17H,6-12H2,1-2H3,(H,18,20);2*1H. The third-order valence-corrected chi connectivity index (χ3v) is 3.66. The molecule has 0 saturated carbocycles. The topological polar surface area (TPSA) is 53.6 Å². The third-order valence-electron chi connectivity index (χ3n) is 3.66. The summed E-state index contributed by atoms with van der Waals surface area (Å²) in [6.07, 6.45) is 0. The highest BCUT2D eigenvalue weighted by Crippen LogP contribution is 2.21. The Morgan fingerprint density at radius 1 is 1.22 bits per heavy atom. The number of nitrogens with zero attached hydrogens (tertiary/aromatic N) is 1. The molecule has 0 radical (unpaired) electrons. The summed E-state index contributed by atoms with van der Waals surface area (Å²) >= 11 is 0. The van der Waals surface area contributed by atoms with Gasteiger partial charge in [-0.1, -0.05) is 18.2 Å². The molecule has 132 valence electrons. The third kappa shape index (κ3) is 7.40. The minimum atomic E-state index is 0. The molecule has 5 nitrogen and oxygen atoms in total. The number of benzene rings is 1. The van der Waals surface area contributed by atoms with Crippen molar-refractivity contribution in [3.05, 3.63) is 29.3 Å². The predicted molar refractivity (Wildman–Crippen MR) is 98.2 cm³/mol. The fourth-order valence-electron chi connectivity index (χ4n) is 2.50. The first-order chi connectivity index (χ1) is 10.2. The molecule has 1 aromatic rings. The summed E-state index contributed by atoms with van der Waals surface area (Å²) in [5.74, 6) is 0.996. The van der Waals surface area contributed by atoms with Gasteiger partial charge in [0.25, 0.3) is 0 Å². The molecule has 1 amide bonds. The maximum atomic E-state index is 11.8. The zero-order chi connectivity index (χ0) is 15.1.